The Morgan fingerprint density at radius 1 is 1.39 bits per heavy atom. The van der Waals surface area contributed by atoms with E-state index in [0.717, 1.165) is 0 Å². The van der Waals surface area contributed by atoms with Gasteiger partial charge in [0.25, 0.3) is 0 Å². The molecule has 1 saturated heterocycles. The zero-order valence-corrected chi connectivity index (χ0v) is 11.1. The van der Waals surface area contributed by atoms with Gasteiger partial charge in [0.05, 0.1) is 25.7 Å². The van der Waals surface area contributed by atoms with Gasteiger partial charge in [-0.05, 0) is 12.3 Å². The molecule has 1 aliphatic heterocycles. The number of β-lactam (4-membered cyclic amide) rings is 1. The minimum atomic E-state index is -0.0591. The second-order valence-corrected chi connectivity index (χ2v) is 4.52. The van der Waals surface area contributed by atoms with Crippen molar-refractivity contribution in [1.82, 2.24) is 5.32 Å². The summed E-state index contributed by atoms with van der Waals surface area (Å²) in [6.07, 6.45) is 0.602. The topological polar surface area (TPSA) is 77.0 Å². The lowest BCUT2D eigenvalue weighted by molar-refractivity contribution is -0.141. The van der Waals surface area contributed by atoms with Gasteiger partial charge in [-0.1, -0.05) is 6.92 Å². The molecular formula is C12H23NO5. The van der Waals surface area contributed by atoms with Crippen LogP contribution in [0.1, 0.15) is 13.3 Å². The molecule has 0 bridgehead atoms. The van der Waals surface area contributed by atoms with Crippen LogP contribution in [-0.4, -0.2) is 57.4 Å². The number of carbonyl (C=O) groups is 1. The standard InChI is InChI=1S/C12H23NO5/c1-9(7-18-8-17-6-5-16-2)11-10(3-4-14)13-12(11)15/h9-11,14H,3-8H2,1-2H3,(H,13,15). The fourth-order valence-corrected chi connectivity index (χ4v) is 2.10. The molecule has 6 heteroatoms. The third-order valence-electron chi connectivity index (χ3n) is 3.10. The van der Waals surface area contributed by atoms with Gasteiger partial charge in [0, 0.05) is 19.8 Å². The highest BCUT2D eigenvalue weighted by Crippen LogP contribution is 2.26. The van der Waals surface area contributed by atoms with Crippen molar-refractivity contribution in [2.75, 3.05) is 40.3 Å². The van der Waals surface area contributed by atoms with Crippen LogP contribution in [-0.2, 0) is 19.0 Å². The molecule has 0 saturated carbocycles. The van der Waals surface area contributed by atoms with Crippen LogP contribution < -0.4 is 5.32 Å². The third-order valence-corrected chi connectivity index (χ3v) is 3.10. The smallest absolute Gasteiger partial charge is 0.225 e. The van der Waals surface area contributed by atoms with E-state index in [1.807, 2.05) is 6.92 Å². The van der Waals surface area contributed by atoms with Crippen molar-refractivity contribution in [3.05, 3.63) is 0 Å². The van der Waals surface area contributed by atoms with Crippen LogP contribution in [0.3, 0.4) is 0 Å². The molecule has 3 unspecified atom stereocenters. The van der Waals surface area contributed by atoms with Gasteiger partial charge in [-0.25, -0.2) is 0 Å². The molecule has 0 aromatic heterocycles. The molecule has 0 radical (unpaired) electrons. The highest BCUT2D eigenvalue weighted by Gasteiger charge is 2.42. The van der Waals surface area contributed by atoms with Crippen molar-refractivity contribution >= 4 is 5.91 Å². The van der Waals surface area contributed by atoms with E-state index in [4.69, 9.17) is 19.3 Å². The summed E-state index contributed by atoms with van der Waals surface area (Å²) in [6.45, 7) is 3.81. The van der Waals surface area contributed by atoms with Crippen LogP contribution >= 0.6 is 0 Å². The summed E-state index contributed by atoms with van der Waals surface area (Å²) >= 11 is 0. The first-order chi connectivity index (χ1) is 8.70. The van der Waals surface area contributed by atoms with E-state index < -0.39 is 0 Å². The first-order valence-electron chi connectivity index (χ1n) is 6.26. The molecule has 2 N–H and O–H groups in total. The Labute approximate surface area is 108 Å². The molecular weight excluding hydrogens is 238 g/mol. The lowest BCUT2D eigenvalue weighted by Crippen LogP contribution is -2.61. The van der Waals surface area contributed by atoms with Crippen LogP contribution in [0.4, 0.5) is 0 Å². The normalized spacial score (nSPS) is 24.5. The molecule has 1 aliphatic rings. The molecule has 1 heterocycles. The minimum absolute atomic E-state index is 0.0462. The molecule has 6 nitrogen and oxygen atoms in total. The molecule has 3 atom stereocenters. The van der Waals surface area contributed by atoms with E-state index in [1.165, 1.54) is 0 Å². The monoisotopic (exact) mass is 261 g/mol. The minimum Gasteiger partial charge on any atom is -0.396 e. The fourth-order valence-electron chi connectivity index (χ4n) is 2.10. The van der Waals surface area contributed by atoms with E-state index in [0.29, 0.717) is 26.2 Å². The molecule has 0 aliphatic carbocycles. The van der Waals surface area contributed by atoms with Gasteiger partial charge in [0.15, 0.2) is 0 Å². The zero-order chi connectivity index (χ0) is 13.4. The van der Waals surface area contributed by atoms with Crippen molar-refractivity contribution in [2.45, 2.75) is 19.4 Å². The number of aliphatic hydroxyl groups excluding tert-OH is 1. The summed E-state index contributed by atoms with van der Waals surface area (Å²) in [4.78, 5) is 11.4. The largest absolute Gasteiger partial charge is 0.396 e. The maximum Gasteiger partial charge on any atom is 0.225 e. The molecule has 1 rings (SSSR count). The van der Waals surface area contributed by atoms with Gasteiger partial charge in [-0.15, -0.1) is 0 Å². The van der Waals surface area contributed by atoms with Gasteiger partial charge < -0.3 is 24.6 Å². The lowest BCUT2D eigenvalue weighted by Gasteiger charge is -2.40. The first-order valence-corrected chi connectivity index (χ1v) is 6.26. The van der Waals surface area contributed by atoms with Gasteiger partial charge in [0.1, 0.15) is 6.79 Å². The number of amides is 1. The first kappa shape index (κ1) is 15.4. The summed E-state index contributed by atoms with van der Waals surface area (Å²) in [5.74, 6) is 0.113. The number of carbonyl (C=O) groups excluding carboxylic acids is 1. The van der Waals surface area contributed by atoms with Crippen molar-refractivity contribution in [3.8, 4) is 0 Å². The Bertz CT molecular complexity index is 249. The average Bonchev–Trinajstić information content (AvgIpc) is 2.33. The van der Waals surface area contributed by atoms with Gasteiger partial charge >= 0.3 is 0 Å². The van der Waals surface area contributed by atoms with Crippen LogP contribution in [0.25, 0.3) is 0 Å². The van der Waals surface area contributed by atoms with E-state index in [2.05, 4.69) is 5.32 Å². The number of methoxy groups -OCH3 is 1. The molecule has 0 aromatic rings. The number of aliphatic hydroxyl groups is 1. The maximum absolute atomic E-state index is 11.4. The third kappa shape index (κ3) is 4.53. The second kappa shape index (κ2) is 8.42. The molecule has 0 aromatic carbocycles. The highest BCUT2D eigenvalue weighted by atomic mass is 16.7. The van der Waals surface area contributed by atoms with E-state index in [1.54, 1.807) is 7.11 Å². The average molecular weight is 261 g/mol. The number of rotatable bonds is 10. The summed E-state index contributed by atoms with van der Waals surface area (Å²) in [7, 11) is 1.61. The number of nitrogens with one attached hydrogen (secondary N) is 1. The summed E-state index contributed by atoms with van der Waals surface area (Å²) in [5.41, 5.74) is 0. The summed E-state index contributed by atoms with van der Waals surface area (Å²) in [5, 5.41) is 11.7. The van der Waals surface area contributed by atoms with E-state index in [-0.39, 0.29) is 37.2 Å². The van der Waals surface area contributed by atoms with E-state index in [9.17, 15) is 4.79 Å². The molecule has 0 spiro atoms. The van der Waals surface area contributed by atoms with Crippen molar-refractivity contribution in [2.24, 2.45) is 11.8 Å². The predicted molar refractivity (Wildman–Crippen MR) is 64.9 cm³/mol. The summed E-state index contributed by atoms with van der Waals surface area (Å²) < 4.78 is 15.4. The Morgan fingerprint density at radius 3 is 2.78 bits per heavy atom. The van der Waals surface area contributed by atoms with E-state index >= 15 is 0 Å². The van der Waals surface area contributed by atoms with Gasteiger partial charge in [-0.2, -0.15) is 0 Å². The van der Waals surface area contributed by atoms with Crippen LogP contribution in [0.2, 0.25) is 0 Å². The van der Waals surface area contributed by atoms with Crippen LogP contribution in [0.5, 0.6) is 0 Å². The SMILES string of the molecule is COCCOCOCC(C)C1C(=O)NC1CCO. The van der Waals surface area contributed by atoms with Gasteiger partial charge in [-0.3, -0.25) is 4.79 Å². The Kier molecular flexibility index (Phi) is 7.19. The predicted octanol–water partition coefficient (Wildman–Crippen LogP) is -0.243. The number of hydrogen-bond acceptors (Lipinski definition) is 5. The second-order valence-electron chi connectivity index (χ2n) is 4.52. The van der Waals surface area contributed by atoms with Crippen molar-refractivity contribution < 1.29 is 24.1 Å². The van der Waals surface area contributed by atoms with Gasteiger partial charge in [0.2, 0.25) is 5.91 Å². The van der Waals surface area contributed by atoms with Crippen molar-refractivity contribution in [3.63, 3.8) is 0 Å². The lowest BCUT2D eigenvalue weighted by atomic mass is 9.79. The Hall–Kier alpha value is -0.690. The Balaban J connectivity index is 2.11. The van der Waals surface area contributed by atoms with Crippen molar-refractivity contribution in [1.29, 1.82) is 0 Å². The molecule has 1 fully saturated rings. The highest BCUT2D eigenvalue weighted by molar-refractivity contribution is 5.86. The number of ether oxygens (including phenoxy) is 3. The maximum atomic E-state index is 11.4. The quantitative estimate of drug-likeness (QED) is 0.322. The zero-order valence-electron chi connectivity index (χ0n) is 11.1. The number of hydrogen-bond donors (Lipinski definition) is 2. The van der Waals surface area contributed by atoms with Crippen LogP contribution in [0.15, 0.2) is 0 Å². The molecule has 18 heavy (non-hydrogen) atoms. The molecule has 106 valence electrons. The Morgan fingerprint density at radius 2 is 2.17 bits per heavy atom. The fraction of sp³-hybridized carbons (Fsp3) is 0.917. The summed E-state index contributed by atoms with van der Waals surface area (Å²) in [6, 6.07) is 0.0792. The van der Waals surface area contributed by atoms with Crippen LogP contribution in [0, 0.1) is 11.8 Å². The molecule has 1 amide bonds.